The molecule has 0 saturated carbocycles. The van der Waals surface area contributed by atoms with Crippen molar-refractivity contribution in [1.29, 1.82) is 5.26 Å². The fourth-order valence-corrected chi connectivity index (χ4v) is 3.23. The minimum absolute atomic E-state index is 0.0586. The number of pyridine rings is 1. The monoisotopic (exact) mass is 479 g/mol. The van der Waals surface area contributed by atoms with Crippen LogP contribution in [0.3, 0.4) is 0 Å². The highest BCUT2D eigenvalue weighted by atomic mass is 32.2. The molecule has 0 spiro atoms. The fraction of sp³-hybridized carbons (Fsp3) is 0.158. The standard InChI is InChI=1S/C19H16F3N7O3S/c1-24-33(30,31)13-3-4-15(32-10-19(20,21)22)14(6-13)28-17-7-18(27-11-26-17)29-16-5-2-12(8-23)9-25-16/h2-7,9,11,24H,10H2,1H3,(H2,25,26,27,28,29). The normalized spacial score (nSPS) is 11.5. The second kappa shape index (κ2) is 9.67. The highest BCUT2D eigenvalue weighted by molar-refractivity contribution is 7.89. The topological polar surface area (TPSA) is 142 Å². The molecule has 0 saturated heterocycles. The lowest BCUT2D eigenvalue weighted by molar-refractivity contribution is -0.153. The number of aromatic nitrogens is 3. The van der Waals surface area contributed by atoms with Crippen molar-refractivity contribution in [2.24, 2.45) is 0 Å². The number of alkyl halides is 3. The summed E-state index contributed by atoms with van der Waals surface area (Å²) in [5.41, 5.74) is 0.310. The maximum atomic E-state index is 12.6. The van der Waals surface area contributed by atoms with Gasteiger partial charge < -0.3 is 15.4 Å². The summed E-state index contributed by atoms with van der Waals surface area (Å²) in [7, 11) is -2.67. The van der Waals surface area contributed by atoms with Crippen molar-refractivity contribution in [3.8, 4) is 11.8 Å². The first-order chi connectivity index (χ1) is 15.6. The SMILES string of the molecule is CNS(=O)(=O)c1ccc(OCC(F)(F)F)c(Nc2cc(Nc3ccc(C#N)cn3)ncn2)c1. The molecule has 14 heteroatoms. The molecule has 0 aliphatic carbocycles. The largest absolute Gasteiger partial charge is 0.482 e. The van der Waals surface area contributed by atoms with Gasteiger partial charge in [0, 0.05) is 12.3 Å². The van der Waals surface area contributed by atoms with Crippen LogP contribution in [0, 0.1) is 11.3 Å². The molecule has 1 aromatic carbocycles. The number of sulfonamides is 1. The highest BCUT2D eigenvalue weighted by Crippen LogP contribution is 2.32. The van der Waals surface area contributed by atoms with Gasteiger partial charge >= 0.3 is 6.18 Å². The van der Waals surface area contributed by atoms with Crippen LogP contribution in [-0.4, -0.2) is 43.2 Å². The Hall–Kier alpha value is -3.96. The van der Waals surface area contributed by atoms with Crippen LogP contribution in [0.1, 0.15) is 5.56 Å². The van der Waals surface area contributed by atoms with Gasteiger partial charge in [0.05, 0.1) is 16.1 Å². The van der Waals surface area contributed by atoms with Crippen LogP contribution >= 0.6 is 0 Å². The summed E-state index contributed by atoms with van der Waals surface area (Å²) in [6, 6.07) is 9.82. The molecule has 0 fully saturated rings. The Balaban J connectivity index is 1.89. The average molecular weight is 479 g/mol. The van der Waals surface area contributed by atoms with Gasteiger partial charge in [0.25, 0.3) is 0 Å². The lowest BCUT2D eigenvalue weighted by Gasteiger charge is -2.16. The molecule has 3 N–H and O–H groups in total. The van der Waals surface area contributed by atoms with Crippen LogP contribution in [0.4, 0.5) is 36.3 Å². The zero-order valence-corrected chi connectivity index (χ0v) is 17.7. The van der Waals surface area contributed by atoms with Crippen molar-refractivity contribution in [3.63, 3.8) is 0 Å². The summed E-state index contributed by atoms with van der Waals surface area (Å²) in [6.45, 7) is -1.57. The van der Waals surface area contributed by atoms with E-state index in [1.54, 1.807) is 12.1 Å². The third kappa shape index (κ3) is 6.51. The van der Waals surface area contributed by atoms with Gasteiger partial charge in [-0.3, -0.25) is 0 Å². The number of hydrogen-bond donors (Lipinski definition) is 3. The van der Waals surface area contributed by atoms with Gasteiger partial charge in [-0.15, -0.1) is 0 Å². The molecule has 33 heavy (non-hydrogen) atoms. The number of benzene rings is 1. The van der Waals surface area contributed by atoms with Crippen LogP contribution in [0.25, 0.3) is 0 Å². The Kier molecular flexibility index (Phi) is 6.95. The molecule has 172 valence electrons. The molecule has 0 radical (unpaired) electrons. The molecule has 2 aromatic heterocycles. The number of nitrogens with zero attached hydrogens (tertiary/aromatic N) is 4. The first-order valence-corrected chi connectivity index (χ1v) is 10.6. The van der Waals surface area contributed by atoms with E-state index in [-0.39, 0.29) is 28.0 Å². The van der Waals surface area contributed by atoms with E-state index in [1.807, 2.05) is 6.07 Å². The summed E-state index contributed by atoms with van der Waals surface area (Å²) >= 11 is 0. The molecular formula is C19H16F3N7O3S. The zero-order chi connectivity index (χ0) is 24.1. The lowest BCUT2D eigenvalue weighted by Crippen LogP contribution is -2.20. The van der Waals surface area contributed by atoms with E-state index >= 15 is 0 Å². The van der Waals surface area contributed by atoms with Crippen LogP contribution in [0.5, 0.6) is 5.75 Å². The van der Waals surface area contributed by atoms with Crippen molar-refractivity contribution in [1.82, 2.24) is 19.7 Å². The van der Waals surface area contributed by atoms with Gasteiger partial charge in [-0.2, -0.15) is 18.4 Å². The first kappa shape index (κ1) is 23.7. The highest BCUT2D eigenvalue weighted by Gasteiger charge is 2.29. The van der Waals surface area contributed by atoms with E-state index in [9.17, 15) is 21.6 Å². The summed E-state index contributed by atoms with van der Waals surface area (Å²) in [5.74, 6) is 0.567. The van der Waals surface area contributed by atoms with Crippen molar-refractivity contribution >= 4 is 33.2 Å². The Morgan fingerprint density at radius 3 is 2.36 bits per heavy atom. The Bertz CT molecular complexity index is 1280. The van der Waals surface area contributed by atoms with E-state index in [0.717, 1.165) is 18.2 Å². The molecule has 2 heterocycles. The minimum Gasteiger partial charge on any atom is -0.482 e. The lowest BCUT2D eigenvalue weighted by atomic mass is 10.3. The predicted octanol–water partition coefficient (Wildman–Crippen LogP) is 3.08. The van der Waals surface area contributed by atoms with Gasteiger partial charge in [0.1, 0.15) is 35.6 Å². The number of nitriles is 1. The molecular weight excluding hydrogens is 463 g/mol. The van der Waals surface area contributed by atoms with Gasteiger partial charge in [-0.1, -0.05) is 0 Å². The third-order valence-corrected chi connectivity index (χ3v) is 5.41. The fourth-order valence-electron chi connectivity index (χ4n) is 2.47. The van der Waals surface area contributed by atoms with Gasteiger partial charge in [-0.25, -0.2) is 28.1 Å². The maximum absolute atomic E-state index is 12.6. The van der Waals surface area contributed by atoms with Crippen LogP contribution < -0.4 is 20.1 Å². The van der Waals surface area contributed by atoms with Crippen LogP contribution in [0.2, 0.25) is 0 Å². The molecule has 10 nitrogen and oxygen atoms in total. The molecule has 0 aliphatic rings. The summed E-state index contributed by atoms with van der Waals surface area (Å²) in [5, 5.41) is 14.5. The minimum atomic E-state index is -4.59. The number of hydrogen-bond acceptors (Lipinski definition) is 9. The van der Waals surface area contributed by atoms with Gasteiger partial charge in [-0.05, 0) is 37.4 Å². The first-order valence-electron chi connectivity index (χ1n) is 9.09. The molecule has 0 atom stereocenters. The zero-order valence-electron chi connectivity index (χ0n) is 16.9. The van der Waals surface area contributed by atoms with Crippen molar-refractivity contribution in [2.75, 3.05) is 24.3 Å². The molecule has 3 rings (SSSR count). The summed E-state index contributed by atoms with van der Waals surface area (Å²) in [4.78, 5) is 11.9. The number of anilines is 4. The molecule has 0 unspecified atom stereocenters. The van der Waals surface area contributed by atoms with E-state index in [1.165, 1.54) is 25.6 Å². The number of rotatable bonds is 8. The van der Waals surface area contributed by atoms with Crippen LogP contribution in [0.15, 0.2) is 53.8 Å². The van der Waals surface area contributed by atoms with E-state index in [4.69, 9.17) is 10.00 Å². The van der Waals surface area contributed by atoms with E-state index < -0.39 is 22.8 Å². The predicted molar refractivity (Wildman–Crippen MR) is 112 cm³/mol. The smallest absolute Gasteiger partial charge is 0.422 e. The second-order valence-electron chi connectivity index (χ2n) is 6.35. The Morgan fingerprint density at radius 2 is 1.76 bits per heavy atom. The van der Waals surface area contributed by atoms with Crippen molar-refractivity contribution in [2.45, 2.75) is 11.1 Å². The van der Waals surface area contributed by atoms with Crippen molar-refractivity contribution in [3.05, 3.63) is 54.5 Å². The van der Waals surface area contributed by atoms with E-state index in [2.05, 4.69) is 30.3 Å². The van der Waals surface area contributed by atoms with Crippen LogP contribution in [-0.2, 0) is 10.0 Å². The number of nitrogens with one attached hydrogen (secondary N) is 3. The van der Waals surface area contributed by atoms with Crippen molar-refractivity contribution < 1.29 is 26.3 Å². The quantitative estimate of drug-likeness (QED) is 0.444. The second-order valence-corrected chi connectivity index (χ2v) is 8.24. The summed E-state index contributed by atoms with van der Waals surface area (Å²) in [6.07, 6.45) is -2.05. The van der Waals surface area contributed by atoms with Gasteiger partial charge in [0.15, 0.2) is 6.61 Å². The molecule has 0 amide bonds. The summed E-state index contributed by atoms with van der Waals surface area (Å²) < 4.78 is 69.1. The molecule has 3 aromatic rings. The number of ether oxygens (including phenoxy) is 1. The Labute approximate surface area is 186 Å². The number of halogens is 3. The van der Waals surface area contributed by atoms with Gasteiger partial charge in [0.2, 0.25) is 10.0 Å². The van der Waals surface area contributed by atoms with E-state index in [0.29, 0.717) is 11.4 Å². The third-order valence-electron chi connectivity index (χ3n) is 4.00. The average Bonchev–Trinajstić information content (AvgIpc) is 2.78. The Morgan fingerprint density at radius 1 is 1.03 bits per heavy atom. The molecule has 0 bridgehead atoms. The molecule has 0 aliphatic heterocycles. The maximum Gasteiger partial charge on any atom is 0.422 e.